The van der Waals surface area contributed by atoms with E-state index in [9.17, 15) is 13.6 Å². The van der Waals surface area contributed by atoms with Crippen LogP contribution >= 0.6 is 15.9 Å². The van der Waals surface area contributed by atoms with Crippen LogP contribution in [0.5, 0.6) is 0 Å². The topological polar surface area (TPSA) is 29.1 Å². The molecule has 0 aliphatic carbocycles. The summed E-state index contributed by atoms with van der Waals surface area (Å²) in [6.45, 7) is 3.22. The van der Waals surface area contributed by atoms with E-state index in [0.717, 1.165) is 6.07 Å². The third-order valence-corrected chi connectivity index (χ3v) is 2.10. The maximum absolute atomic E-state index is 13.1. The molecule has 2 nitrogen and oxygen atoms in total. The van der Waals surface area contributed by atoms with E-state index in [0.29, 0.717) is 0 Å². The smallest absolute Gasteiger partial charge is 0.240 e. The SMILES string of the molecule is CC(C)(Br)C(=O)Nc1cccc(F)c1F. The van der Waals surface area contributed by atoms with Gasteiger partial charge in [-0.3, -0.25) is 4.79 Å². The molecule has 0 aliphatic rings. The fourth-order valence-corrected chi connectivity index (χ4v) is 0.970. The average molecular weight is 278 g/mol. The molecule has 0 bridgehead atoms. The molecule has 0 radical (unpaired) electrons. The van der Waals surface area contributed by atoms with Crippen molar-refractivity contribution in [2.75, 3.05) is 5.32 Å². The van der Waals surface area contributed by atoms with Gasteiger partial charge in [-0.2, -0.15) is 0 Å². The third-order valence-electron chi connectivity index (χ3n) is 1.74. The van der Waals surface area contributed by atoms with Crippen LogP contribution < -0.4 is 5.32 Å². The van der Waals surface area contributed by atoms with Gasteiger partial charge in [0.05, 0.1) is 10.0 Å². The second-order valence-corrected chi connectivity index (χ2v) is 5.51. The first kappa shape index (κ1) is 12.1. The van der Waals surface area contributed by atoms with Crippen molar-refractivity contribution >= 4 is 27.5 Å². The van der Waals surface area contributed by atoms with E-state index in [2.05, 4.69) is 21.2 Å². The van der Waals surface area contributed by atoms with Gasteiger partial charge in [0.1, 0.15) is 0 Å². The van der Waals surface area contributed by atoms with Gasteiger partial charge < -0.3 is 5.32 Å². The highest BCUT2D eigenvalue weighted by molar-refractivity contribution is 9.10. The van der Waals surface area contributed by atoms with Crippen LogP contribution in [0, 0.1) is 11.6 Å². The van der Waals surface area contributed by atoms with Gasteiger partial charge in [-0.1, -0.05) is 22.0 Å². The molecule has 0 fully saturated rings. The molecule has 0 atom stereocenters. The number of rotatable bonds is 2. The summed E-state index contributed by atoms with van der Waals surface area (Å²) in [6.07, 6.45) is 0. The van der Waals surface area contributed by atoms with Crippen molar-refractivity contribution in [1.82, 2.24) is 0 Å². The van der Waals surface area contributed by atoms with Crippen LogP contribution in [0.2, 0.25) is 0 Å². The first-order chi connectivity index (χ1) is 6.82. The Morgan fingerprint density at radius 1 is 1.40 bits per heavy atom. The minimum Gasteiger partial charge on any atom is -0.322 e. The summed E-state index contributed by atoms with van der Waals surface area (Å²) in [5.74, 6) is -2.48. The number of alkyl halides is 1. The van der Waals surface area contributed by atoms with E-state index >= 15 is 0 Å². The Labute approximate surface area is 94.8 Å². The first-order valence-electron chi connectivity index (χ1n) is 4.27. The van der Waals surface area contributed by atoms with Crippen molar-refractivity contribution in [2.45, 2.75) is 18.2 Å². The molecule has 1 amide bonds. The van der Waals surface area contributed by atoms with Crippen LogP contribution in [-0.4, -0.2) is 10.2 Å². The number of amides is 1. The van der Waals surface area contributed by atoms with E-state index in [-0.39, 0.29) is 5.69 Å². The van der Waals surface area contributed by atoms with Crippen molar-refractivity contribution in [3.8, 4) is 0 Å². The largest absolute Gasteiger partial charge is 0.322 e. The predicted octanol–water partition coefficient (Wildman–Crippen LogP) is 3.08. The molecular formula is C10H10BrF2NO. The lowest BCUT2D eigenvalue weighted by molar-refractivity contribution is -0.117. The van der Waals surface area contributed by atoms with Gasteiger partial charge in [0.25, 0.3) is 0 Å². The Hall–Kier alpha value is -0.970. The summed E-state index contributed by atoms with van der Waals surface area (Å²) in [4.78, 5) is 11.5. The number of hydrogen-bond donors (Lipinski definition) is 1. The summed E-state index contributed by atoms with van der Waals surface area (Å²) >= 11 is 3.12. The molecular weight excluding hydrogens is 268 g/mol. The zero-order valence-electron chi connectivity index (χ0n) is 8.27. The Morgan fingerprint density at radius 3 is 2.53 bits per heavy atom. The van der Waals surface area contributed by atoms with E-state index in [4.69, 9.17) is 0 Å². The molecule has 1 aromatic carbocycles. The van der Waals surface area contributed by atoms with Crippen molar-refractivity contribution in [3.63, 3.8) is 0 Å². The van der Waals surface area contributed by atoms with Crippen LogP contribution in [0.25, 0.3) is 0 Å². The number of halogens is 3. The highest BCUT2D eigenvalue weighted by Crippen LogP contribution is 2.21. The maximum atomic E-state index is 13.1. The van der Waals surface area contributed by atoms with Crippen LogP contribution in [0.4, 0.5) is 14.5 Å². The van der Waals surface area contributed by atoms with E-state index in [1.165, 1.54) is 12.1 Å². The highest BCUT2D eigenvalue weighted by atomic mass is 79.9. The Bertz CT molecular complexity index is 387. The Morgan fingerprint density at radius 2 is 2.00 bits per heavy atom. The molecule has 1 N–H and O–H groups in total. The molecule has 0 heterocycles. The van der Waals surface area contributed by atoms with Gasteiger partial charge in [-0.25, -0.2) is 8.78 Å². The first-order valence-corrected chi connectivity index (χ1v) is 5.06. The second-order valence-electron chi connectivity index (χ2n) is 3.53. The molecule has 0 saturated heterocycles. The van der Waals surface area contributed by atoms with Gasteiger partial charge in [-0.05, 0) is 26.0 Å². The molecule has 0 unspecified atom stereocenters. The van der Waals surface area contributed by atoms with Crippen molar-refractivity contribution < 1.29 is 13.6 Å². The summed E-state index contributed by atoms with van der Waals surface area (Å²) in [5.41, 5.74) is -0.160. The summed E-state index contributed by atoms with van der Waals surface area (Å²) in [7, 11) is 0. The van der Waals surface area contributed by atoms with Gasteiger partial charge in [-0.15, -0.1) is 0 Å². The molecule has 1 aromatic rings. The van der Waals surface area contributed by atoms with Gasteiger partial charge in [0.15, 0.2) is 11.6 Å². The summed E-state index contributed by atoms with van der Waals surface area (Å²) in [5, 5.41) is 2.29. The number of carbonyl (C=O) groups excluding carboxylic acids is 1. The zero-order chi connectivity index (χ0) is 11.6. The van der Waals surface area contributed by atoms with Gasteiger partial charge in [0, 0.05) is 0 Å². The predicted molar refractivity (Wildman–Crippen MR) is 58.0 cm³/mol. The fourth-order valence-electron chi connectivity index (χ4n) is 0.871. The van der Waals surface area contributed by atoms with Gasteiger partial charge >= 0.3 is 0 Å². The molecule has 0 aliphatic heterocycles. The minimum absolute atomic E-state index is 0.160. The van der Waals surface area contributed by atoms with E-state index < -0.39 is 21.9 Å². The standard InChI is InChI=1S/C10H10BrF2NO/c1-10(2,11)9(15)14-7-5-3-4-6(12)8(7)13/h3-5H,1-2H3,(H,14,15). The maximum Gasteiger partial charge on any atom is 0.240 e. The molecule has 0 aromatic heterocycles. The van der Waals surface area contributed by atoms with Crippen LogP contribution in [0.3, 0.4) is 0 Å². The molecule has 82 valence electrons. The lowest BCUT2D eigenvalue weighted by Gasteiger charge is -2.16. The summed E-state index contributed by atoms with van der Waals surface area (Å²) in [6, 6.07) is 3.62. The van der Waals surface area contributed by atoms with Crippen molar-refractivity contribution in [2.24, 2.45) is 0 Å². The van der Waals surface area contributed by atoms with Crippen molar-refractivity contribution in [1.29, 1.82) is 0 Å². The number of anilines is 1. The number of benzene rings is 1. The number of carbonyl (C=O) groups is 1. The van der Waals surface area contributed by atoms with Crippen LogP contribution in [-0.2, 0) is 4.79 Å². The van der Waals surface area contributed by atoms with E-state index in [1.807, 2.05) is 0 Å². The van der Waals surface area contributed by atoms with Crippen LogP contribution in [0.1, 0.15) is 13.8 Å². The zero-order valence-corrected chi connectivity index (χ0v) is 9.86. The summed E-state index contributed by atoms with van der Waals surface area (Å²) < 4.78 is 25.1. The lowest BCUT2D eigenvalue weighted by atomic mass is 10.2. The molecule has 1 rings (SSSR count). The second kappa shape index (κ2) is 4.26. The fraction of sp³-hybridized carbons (Fsp3) is 0.300. The van der Waals surface area contributed by atoms with Gasteiger partial charge in [0.2, 0.25) is 5.91 Å². The quantitative estimate of drug-likeness (QED) is 0.827. The lowest BCUT2D eigenvalue weighted by Crippen LogP contribution is -2.31. The minimum atomic E-state index is -1.05. The number of nitrogens with one attached hydrogen (secondary N) is 1. The molecule has 15 heavy (non-hydrogen) atoms. The number of hydrogen-bond acceptors (Lipinski definition) is 1. The average Bonchev–Trinajstić information content (AvgIpc) is 2.11. The Kier molecular flexibility index (Phi) is 3.44. The highest BCUT2D eigenvalue weighted by Gasteiger charge is 2.24. The van der Waals surface area contributed by atoms with E-state index in [1.54, 1.807) is 13.8 Å². The third kappa shape index (κ3) is 2.99. The molecule has 0 saturated carbocycles. The molecule has 5 heteroatoms. The normalized spacial score (nSPS) is 11.3. The molecule has 0 spiro atoms. The monoisotopic (exact) mass is 277 g/mol. The van der Waals surface area contributed by atoms with Crippen LogP contribution in [0.15, 0.2) is 18.2 Å². The Balaban J connectivity index is 2.91. The van der Waals surface area contributed by atoms with Crippen molar-refractivity contribution in [3.05, 3.63) is 29.8 Å².